The van der Waals surface area contributed by atoms with Gasteiger partial charge in [-0.2, -0.15) is 0 Å². The number of esters is 2. The number of hydrogen-bond acceptors (Lipinski definition) is 7. The molecule has 8 bridgehead atoms. The predicted octanol–water partition coefficient (Wildman–Crippen LogP) is 8.68. The number of aromatic nitrogens is 4. The standard InChI is InChI=1S/C34H41BrN4O3.C4H8O2/c1-9-23-18(3)26-16-30-31(22(7)42-12-10-11-35)19(4)27(38-30)14-24-17(2)13-25(36-24)21(6)33-32(34(40)41-8)20(5)28(39-33)15-29(23)37-26;1-3-4(5)6-2/h14-17,22,37-38H,9-13H2,1-8H3;3H2,1-2H3. The maximum atomic E-state index is 13.0. The van der Waals surface area contributed by atoms with Crippen molar-refractivity contribution in [3.05, 3.63) is 68.8 Å². The summed E-state index contributed by atoms with van der Waals surface area (Å²) in [6.07, 6.45) is 2.99. The van der Waals surface area contributed by atoms with E-state index in [9.17, 15) is 9.59 Å². The molecule has 2 aliphatic rings. The van der Waals surface area contributed by atoms with Gasteiger partial charge in [0.2, 0.25) is 0 Å². The van der Waals surface area contributed by atoms with E-state index in [0.29, 0.717) is 24.3 Å². The molecule has 2 N–H and O–H groups in total. The Morgan fingerprint density at radius 1 is 0.938 bits per heavy atom. The second-order valence-electron chi connectivity index (χ2n) is 12.4. The summed E-state index contributed by atoms with van der Waals surface area (Å²) < 4.78 is 15.8. The van der Waals surface area contributed by atoms with Gasteiger partial charge in [0.25, 0.3) is 0 Å². The Kier molecular flexibility index (Phi) is 12.4. The lowest BCUT2D eigenvalue weighted by Gasteiger charge is -2.13. The number of allylic oxidation sites excluding steroid dienone is 1. The summed E-state index contributed by atoms with van der Waals surface area (Å²) in [6, 6.07) is 6.44. The topological polar surface area (TPSA) is 119 Å². The quantitative estimate of drug-likeness (QED) is 0.136. The van der Waals surface area contributed by atoms with Crippen LogP contribution in [0.15, 0.2) is 18.2 Å². The third-order valence-corrected chi connectivity index (χ3v) is 9.84. The first-order valence-corrected chi connectivity index (χ1v) is 17.8. The molecular weight excluding hydrogens is 672 g/mol. The number of nitrogens with zero attached hydrogens (tertiary/aromatic N) is 2. The van der Waals surface area contributed by atoms with E-state index >= 15 is 0 Å². The largest absolute Gasteiger partial charge is 0.469 e. The van der Waals surface area contributed by atoms with Crippen molar-refractivity contribution in [2.75, 3.05) is 26.2 Å². The summed E-state index contributed by atoms with van der Waals surface area (Å²) >= 11 is 3.52. The predicted molar refractivity (Wildman–Crippen MR) is 196 cm³/mol. The van der Waals surface area contributed by atoms with Gasteiger partial charge in [-0.1, -0.05) is 36.7 Å². The van der Waals surface area contributed by atoms with Gasteiger partial charge in [-0.25, -0.2) is 9.78 Å². The molecule has 0 radical (unpaired) electrons. The van der Waals surface area contributed by atoms with Crippen molar-refractivity contribution in [3.63, 3.8) is 0 Å². The Labute approximate surface area is 292 Å². The van der Waals surface area contributed by atoms with Gasteiger partial charge in [0.05, 0.1) is 37.3 Å². The second-order valence-corrected chi connectivity index (χ2v) is 13.2. The number of aromatic amines is 2. The first-order valence-electron chi connectivity index (χ1n) is 16.7. The number of ether oxygens (including phenoxy) is 3. The minimum absolute atomic E-state index is 0.0746. The average molecular weight is 722 g/mol. The van der Waals surface area contributed by atoms with Crippen LogP contribution in [-0.4, -0.2) is 58.0 Å². The lowest BCUT2D eigenvalue weighted by atomic mass is 9.99. The van der Waals surface area contributed by atoms with E-state index in [1.807, 2.05) is 13.8 Å². The van der Waals surface area contributed by atoms with Crippen LogP contribution in [0, 0.1) is 20.8 Å². The first kappa shape index (κ1) is 37.1. The molecular formula is C38H49BrN4O5. The lowest BCUT2D eigenvalue weighted by molar-refractivity contribution is -0.140. The summed E-state index contributed by atoms with van der Waals surface area (Å²) in [5.41, 5.74) is 14.4. The minimum Gasteiger partial charge on any atom is -0.469 e. The van der Waals surface area contributed by atoms with Crippen LogP contribution in [0.5, 0.6) is 0 Å². The zero-order valence-corrected chi connectivity index (χ0v) is 31.5. The number of alkyl halides is 1. The van der Waals surface area contributed by atoms with E-state index < -0.39 is 0 Å². The summed E-state index contributed by atoms with van der Waals surface area (Å²) in [6.45, 7) is 17.2. The van der Waals surface area contributed by atoms with Gasteiger partial charge in [-0.05, 0) is 99.9 Å². The van der Waals surface area contributed by atoms with Crippen molar-refractivity contribution in [3.8, 4) is 0 Å². The molecule has 5 heterocycles. The molecule has 3 aromatic heterocycles. The average Bonchev–Trinajstić information content (AvgIpc) is 3.78. The van der Waals surface area contributed by atoms with E-state index in [1.54, 1.807) is 6.92 Å². The number of H-pyrrole nitrogens is 2. The molecule has 48 heavy (non-hydrogen) atoms. The van der Waals surface area contributed by atoms with Crippen LogP contribution in [-0.2, 0) is 36.6 Å². The Morgan fingerprint density at radius 2 is 1.62 bits per heavy atom. The van der Waals surface area contributed by atoms with Crippen molar-refractivity contribution in [2.45, 2.75) is 93.1 Å². The van der Waals surface area contributed by atoms with Gasteiger partial charge < -0.3 is 24.2 Å². The number of halogens is 1. The van der Waals surface area contributed by atoms with Crippen molar-refractivity contribution in [2.24, 2.45) is 0 Å². The minimum atomic E-state index is -0.379. The highest BCUT2D eigenvalue weighted by atomic mass is 79.9. The molecule has 2 atom stereocenters. The normalized spacial score (nSPS) is 14.8. The SMILES string of the molecule is CCC(=O)OC.CCc1c(C)c2cc3[nH]c(cc4nc(c(C)c5nc(cc1[nH]2)C(C)=C5C(=O)OC)CC4C)c(C)c3C(C)OCCCBr. The number of fused-ring (bicyclic) bond motifs is 8. The fraction of sp³-hybridized carbons (Fsp3) is 0.474. The lowest BCUT2D eigenvalue weighted by Crippen LogP contribution is -2.05. The molecule has 9 nitrogen and oxygen atoms in total. The molecule has 5 rings (SSSR count). The molecule has 2 aliphatic heterocycles. The van der Waals surface area contributed by atoms with Crippen molar-refractivity contribution >= 4 is 61.1 Å². The summed E-state index contributed by atoms with van der Waals surface area (Å²) in [5.74, 6) is -0.314. The molecule has 0 saturated carbocycles. The van der Waals surface area contributed by atoms with Crippen molar-refractivity contribution in [1.29, 1.82) is 0 Å². The number of rotatable bonds is 8. The number of nitrogens with one attached hydrogen (secondary N) is 2. The Balaban J connectivity index is 0.000000794. The van der Waals surface area contributed by atoms with Gasteiger partial charge in [0.1, 0.15) is 0 Å². The van der Waals surface area contributed by atoms with E-state index in [2.05, 4.69) is 83.5 Å². The molecule has 258 valence electrons. The van der Waals surface area contributed by atoms with Crippen LogP contribution in [0.4, 0.5) is 0 Å². The van der Waals surface area contributed by atoms with Crippen LogP contribution in [0.1, 0.15) is 110 Å². The Morgan fingerprint density at radius 3 is 2.23 bits per heavy atom. The first-order chi connectivity index (χ1) is 22.9. The zero-order chi connectivity index (χ0) is 35.3. The summed E-state index contributed by atoms with van der Waals surface area (Å²) in [4.78, 5) is 40.5. The maximum absolute atomic E-state index is 13.0. The molecule has 10 heteroatoms. The van der Waals surface area contributed by atoms with Gasteiger partial charge in [0, 0.05) is 63.3 Å². The maximum Gasteiger partial charge on any atom is 0.340 e. The van der Waals surface area contributed by atoms with Gasteiger partial charge in [-0.3, -0.25) is 9.78 Å². The third kappa shape index (κ3) is 7.60. The molecule has 0 saturated heterocycles. The third-order valence-electron chi connectivity index (χ3n) is 9.28. The smallest absolute Gasteiger partial charge is 0.340 e. The van der Waals surface area contributed by atoms with E-state index in [1.165, 1.54) is 25.3 Å². The highest BCUT2D eigenvalue weighted by Gasteiger charge is 2.28. The van der Waals surface area contributed by atoms with Gasteiger partial charge in [0.15, 0.2) is 0 Å². The monoisotopic (exact) mass is 720 g/mol. The molecule has 0 amide bonds. The van der Waals surface area contributed by atoms with Crippen LogP contribution < -0.4 is 0 Å². The van der Waals surface area contributed by atoms with Crippen molar-refractivity contribution in [1.82, 2.24) is 19.9 Å². The molecule has 0 fully saturated rings. The van der Waals surface area contributed by atoms with E-state index in [0.717, 1.165) is 86.0 Å². The number of methoxy groups -OCH3 is 2. The second kappa shape index (κ2) is 16.1. The molecule has 2 unspecified atom stereocenters. The summed E-state index contributed by atoms with van der Waals surface area (Å²) in [5, 5.41) is 0.914. The van der Waals surface area contributed by atoms with Gasteiger partial charge in [-0.15, -0.1) is 0 Å². The Hall–Kier alpha value is -3.76. The zero-order valence-electron chi connectivity index (χ0n) is 29.9. The highest BCUT2D eigenvalue weighted by molar-refractivity contribution is 9.09. The number of carbonyl (C=O) groups is 2. The molecule has 3 aromatic rings. The molecule has 0 spiro atoms. The summed E-state index contributed by atoms with van der Waals surface area (Å²) in [7, 11) is 2.80. The van der Waals surface area contributed by atoms with Crippen LogP contribution in [0.25, 0.3) is 33.2 Å². The number of aryl methyl sites for hydroxylation is 3. The fourth-order valence-corrected chi connectivity index (χ4v) is 6.62. The number of carbonyl (C=O) groups excluding carboxylic acids is 2. The molecule has 0 aliphatic carbocycles. The van der Waals surface area contributed by atoms with Crippen molar-refractivity contribution < 1.29 is 23.8 Å². The van der Waals surface area contributed by atoms with E-state index in [4.69, 9.17) is 19.4 Å². The fourth-order valence-electron chi connectivity index (χ4n) is 6.39. The van der Waals surface area contributed by atoms with Crippen LogP contribution in [0.3, 0.4) is 0 Å². The van der Waals surface area contributed by atoms with Crippen LogP contribution >= 0.6 is 15.9 Å². The Bertz CT molecular complexity index is 1880. The number of hydrogen-bond donors (Lipinski definition) is 2. The highest BCUT2D eigenvalue weighted by Crippen LogP contribution is 2.37. The van der Waals surface area contributed by atoms with E-state index in [-0.39, 0.29) is 24.0 Å². The molecule has 0 aromatic carbocycles. The van der Waals surface area contributed by atoms with Crippen LogP contribution in [0.2, 0.25) is 0 Å². The van der Waals surface area contributed by atoms with Gasteiger partial charge >= 0.3 is 11.9 Å².